The zero-order chi connectivity index (χ0) is 22.8. The van der Waals surface area contributed by atoms with Gasteiger partial charge in [0, 0.05) is 50.4 Å². The van der Waals surface area contributed by atoms with Crippen molar-refractivity contribution in [3.05, 3.63) is 62.2 Å². The maximum Gasteiger partial charge on any atom is 0.282 e. The summed E-state index contributed by atoms with van der Waals surface area (Å²) in [6, 6.07) is 8.27. The Hall–Kier alpha value is -2.75. The molecule has 0 spiro atoms. The van der Waals surface area contributed by atoms with Gasteiger partial charge in [-0.05, 0) is 43.2 Å². The highest BCUT2D eigenvalue weighted by molar-refractivity contribution is 7.22. The van der Waals surface area contributed by atoms with Gasteiger partial charge in [-0.15, -0.1) is 0 Å². The monoisotopic (exact) mass is 473 g/mol. The van der Waals surface area contributed by atoms with Crippen LogP contribution in [0.4, 0.5) is 10.8 Å². The molecular weight excluding hydrogens is 450 g/mol. The fourth-order valence-corrected chi connectivity index (χ4v) is 5.03. The number of nitro groups is 1. The van der Waals surface area contributed by atoms with Gasteiger partial charge in [-0.2, -0.15) is 0 Å². The standard InChI is InChI=1S/C22H24ClN5O3S/c1-14-3-6-19-20(15(14)2)25-22(32-19)27-11-9-26(10-12-27)8-7-24-21(29)17-13-16(23)4-5-18(17)28(30)31/h3-6,13H,7-12H2,1-2H3,(H,24,29). The van der Waals surface area contributed by atoms with E-state index in [0.29, 0.717) is 13.1 Å². The van der Waals surface area contributed by atoms with E-state index in [1.54, 1.807) is 11.3 Å². The number of nitro benzene ring substituents is 1. The summed E-state index contributed by atoms with van der Waals surface area (Å²) < 4.78 is 1.21. The normalized spacial score (nSPS) is 14.7. The first-order valence-electron chi connectivity index (χ1n) is 10.4. The van der Waals surface area contributed by atoms with Crippen molar-refractivity contribution in [2.45, 2.75) is 13.8 Å². The molecule has 168 valence electrons. The average Bonchev–Trinajstić information content (AvgIpc) is 3.21. The van der Waals surface area contributed by atoms with Gasteiger partial charge in [-0.1, -0.05) is 29.0 Å². The van der Waals surface area contributed by atoms with Crippen LogP contribution in [0.25, 0.3) is 10.2 Å². The molecule has 2 aromatic carbocycles. The third kappa shape index (κ3) is 4.69. The molecule has 1 N–H and O–H groups in total. The molecule has 8 nitrogen and oxygen atoms in total. The predicted octanol–water partition coefficient (Wildman–Crippen LogP) is 4.03. The van der Waals surface area contributed by atoms with Crippen LogP contribution in [0, 0.1) is 24.0 Å². The highest BCUT2D eigenvalue weighted by Crippen LogP contribution is 2.32. The van der Waals surface area contributed by atoms with Crippen LogP contribution >= 0.6 is 22.9 Å². The van der Waals surface area contributed by atoms with Crippen LogP contribution < -0.4 is 10.2 Å². The molecule has 1 saturated heterocycles. The quantitative estimate of drug-likeness (QED) is 0.429. The fourth-order valence-electron chi connectivity index (χ4n) is 3.78. The topological polar surface area (TPSA) is 91.6 Å². The van der Waals surface area contributed by atoms with Crippen LogP contribution in [0.5, 0.6) is 0 Å². The van der Waals surface area contributed by atoms with Crippen molar-refractivity contribution in [1.29, 1.82) is 0 Å². The van der Waals surface area contributed by atoms with Gasteiger partial charge in [0.15, 0.2) is 5.13 Å². The number of amides is 1. The van der Waals surface area contributed by atoms with Crippen molar-refractivity contribution >= 4 is 49.9 Å². The molecule has 0 saturated carbocycles. The van der Waals surface area contributed by atoms with E-state index in [-0.39, 0.29) is 16.3 Å². The first-order chi connectivity index (χ1) is 15.3. The summed E-state index contributed by atoms with van der Waals surface area (Å²) in [6.45, 7) is 8.76. The van der Waals surface area contributed by atoms with Crippen molar-refractivity contribution in [3.8, 4) is 0 Å². The van der Waals surface area contributed by atoms with Crippen molar-refractivity contribution in [3.63, 3.8) is 0 Å². The Morgan fingerprint density at radius 2 is 1.97 bits per heavy atom. The molecule has 1 aliphatic rings. The third-order valence-corrected chi connectivity index (χ3v) is 7.15. The minimum Gasteiger partial charge on any atom is -0.351 e. The van der Waals surface area contributed by atoms with Crippen molar-refractivity contribution in [1.82, 2.24) is 15.2 Å². The molecule has 0 aliphatic carbocycles. The number of piperazine rings is 1. The Kier molecular flexibility index (Phi) is 6.59. The Morgan fingerprint density at radius 1 is 1.22 bits per heavy atom. The molecule has 2 heterocycles. The number of rotatable bonds is 6. The molecule has 1 aliphatic heterocycles. The van der Waals surface area contributed by atoms with Gasteiger partial charge in [0.05, 0.1) is 15.1 Å². The first-order valence-corrected chi connectivity index (χ1v) is 11.6. The molecule has 1 fully saturated rings. The lowest BCUT2D eigenvalue weighted by atomic mass is 10.1. The van der Waals surface area contributed by atoms with Gasteiger partial charge in [-0.25, -0.2) is 4.98 Å². The number of benzene rings is 2. The van der Waals surface area contributed by atoms with Gasteiger partial charge in [-0.3, -0.25) is 19.8 Å². The van der Waals surface area contributed by atoms with E-state index in [1.807, 2.05) is 0 Å². The number of aromatic nitrogens is 1. The SMILES string of the molecule is Cc1ccc2sc(N3CCN(CCNC(=O)c4cc(Cl)ccc4[N+](=O)[O-])CC3)nc2c1C. The van der Waals surface area contributed by atoms with E-state index in [1.165, 1.54) is 34.0 Å². The van der Waals surface area contributed by atoms with Crippen molar-refractivity contribution < 1.29 is 9.72 Å². The molecule has 10 heteroatoms. The summed E-state index contributed by atoms with van der Waals surface area (Å²) in [4.78, 5) is 32.5. The third-order valence-electron chi connectivity index (χ3n) is 5.83. The van der Waals surface area contributed by atoms with Crippen LogP contribution in [0.15, 0.2) is 30.3 Å². The Labute approximate surface area is 194 Å². The van der Waals surface area contributed by atoms with E-state index in [2.05, 4.69) is 41.1 Å². The summed E-state index contributed by atoms with van der Waals surface area (Å²) in [7, 11) is 0. The Balaban J connectivity index is 1.30. The summed E-state index contributed by atoms with van der Waals surface area (Å²) in [6.07, 6.45) is 0. The second-order valence-corrected chi connectivity index (χ2v) is 9.30. The zero-order valence-corrected chi connectivity index (χ0v) is 19.5. The number of anilines is 1. The van der Waals surface area contributed by atoms with Crippen LogP contribution in [0.3, 0.4) is 0 Å². The van der Waals surface area contributed by atoms with Crippen LogP contribution in [-0.4, -0.2) is 60.0 Å². The largest absolute Gasteiger partial charge is 0.351 e. The van der Waals surface area contributed by atoms with Crippen molar-refractivity contribution in [2.75, 3.05) is 44.2 Å². The number of aryl methyl sites for hydroxylation is 2. The molecule has 1 amide bonds. The first kappa shape index (κ1) is 22.4. The van der Waals surface area contributed by atoms with E-state index in [9.17, 15) is 14.9 Å². The molecule has 3 aromatic rings. The van der Waals surface area contributed by atoms with Crippen LogP contribution in [-0.2, 0) is 0 Å². The maximum absolute atomic E-state index is 12.4. The summed E-state index contributed by atoms with van der Waals surface area (Å²) in [5, 5.41) is 15.3. The van der Waals surface area contributed by atoms with E-state index < -0.39 is 10.8 Å². The predicted molar refractivity (Wildman–Crippen MR) is 128 cm³/mol. The highest BCUT2D eigenvalue weighted by atomic mass is 35.5. The van der Waals surface area contributed by atoms with Gasteiger partial charge >= 0.3 is 0 Å². The maximum atomic E-state index is 12.4. The molecule has 0 radical (unpaired) electrons. The van der Waals surface area contributed by atoms with Gasteiger partial charge in [0.1, 0.15) is 5.56 Å². The number of carbonyl (C=O) groups excluding carboxylic acids is 1. The van der Waals surface area contributed by atoms with Gasteiger partial charge in [0.2, 0.25) is 0 Å². The molecule has 32 heavy (non-hydrogen) atoms. The summed E-state index contributed by atoms with van der Waals surface area (Å²) in [5.74, 6) is -0.488. The lowest BCUT2D eigenvalue weighted by Crippen LogP contribution is -2.48. The Bertz CT molecular complexity index is 1170. The number of fused-ring (bicyclic) bond motifs is 1. The number of thiazole rings is 1. The van der Waals surface area contributed by atoms with E-state index in [4.69, 9.17) is 16.6 Å². The number of carbonyl (C=O) groups is 1. The number of halogens is 1. The Morgan fingerprint density at radius 3 is 2.69 bits per heavy atom. The number of hydrogen-bond acceptors (Lipinski definition) is 7. The van der Waals surface area contributed by atoms with Crippen LogP contribution in [0.2, 0.25) is 5.02 Å². The summed E-state index contributed by atoms with van der Waals surface area (Å²) in [5.41, 5.74) is 3.31. The number of hydrogen-bond donors (Lipinski definition) is 1. The molecule has 0 bridgehead atoms. The minimum absolute atomic E-state index is 0.0197. The van der Waals surface area contributed by atoms with Gasteiger partial charge in [0.25, 0.3) is 11.6 Å². The molecule has 0 unspecified atom stereocenters. The van der Waals surface area contributed by atoms with E-state index >= 15 is 0 Å². The van der Waals surface area contributed by atoms with E-state index in [0.717, 1.165) is 36.8 Å². The second kappa shape index (κ2) is 9.40. The lowest BCUT2D eigenvalue weighted by Gasteiger charge is -2.34. The summed E-state index contributed by atoms with van der Waals surface area (Å²) >= 11 is 7.63. The van der Waals surface area contributed by atoms with Crippen LogP contribution in [0.1, 0.15) is 21.5 Å². The van der Waals surface area contributed by atoms with Gasteiger partial charge < -0.3 is 10.2 Å². The number of nitrogens with zero attached hydrogens (tertiary/aromatic N) is 4. The zero-order valence-electron chi connectivity index (χ0n) is 17.9. The smallest absolute Gasteiger partial charge is 0.282 e. The molecule has 0 atom stereocenters. The highest BCUT2D eigenvalue weighted by Gasteiger charge is 2.22. The molecule has 1 aromatic heterocycles. The second-order valence-electron chi connectivity index (χ2n) is 7.85. The molecular formula is C22H24ClN5O3S. The minimum atomic E-state index is -0.574. The molecule has 4 rings (SSSR count). The lowest BCUT2D eigenvalue weighted by molar-refractivity contribution is -0.385. The fraction of sp³-hybridized carbons (Fsp3) is 0.364. The average molecular weight is 474 g/mol. The number of nitrogens with one attached hydrogen (secondary N) is 1. The van der Waals surface area contributed by atoms with Crippen molar-refractivity contribution in [2.24, 2.45) is 0 Å².